The Hall–Kier alpha value is -0.410. The van der Waals surface area contributed by atoms with Crippen molar-refractivity contribution in [1.29, 1.82) is 0 Å². The summed E-state index contributed by atoms with van der Waals surface area (Å²) in [6.45, 7) is 0.865. The summed E-state index contributed by atoms with van der Waals surface area (Å²) in [5.41, 5.74) is 7.81. The van der Waals surface area contributed by atoms with Crippen LogP contribution in [0.1, 0.15) is 37.0 Å². The summed E-state index contributed by atoms with van der Waals surface area (Å²) in [5, 5.41) is 0. The molecule has 0 spiro atoms. The molecule has 1 aromatic rings. The molecule has 2 unspecified atom stereocenters. The van der Waals surface area contributed by atoms with Gasteiger partial charge in [0.15, 0.2) is 0 Å². The Kier molecular flexibility index (Phi) is 4.15. The van der Waals surface area contributed by atoms with E-state index in [1.807, 2.05) is 11.7 Å². The van der Waals surface area contributed by atoms with Crippen molar-refractivity contribution in [2.24, 2.45) is 17.6 Å². The van der Waals surface area contributed by atoms with E-state index in [0.29, 0.717) is 0 Å². The number of hydrogen-bond acceptors (Lipinski definition) is 3. The van der Waals surface area contributed by atoms with E-state index in [9.17, 15) is 0 Å². The highest BCUT2D eigenvalue weighted by Gasteiger charge is 2.22. The summed E-state index contributed by atoms with van der Waals surface area (Å²) in [4.78, 5) is 5.58. The highest BCUT2D eigenvalue weighted by molar-refractivity contribution is 7.09. The summed E-state index contributed by atoms with van der Waals surface area (Å²) in [5.74, 6) is 1.55. The number of nitrogens with two attached hydrogens (primary N) is 1. The quantitative estimate of drug-likeness (QED) is 0.802. The molecule has 1 aliphatic carbocycles. The Labute approximate surface area is 95.9 Å². The van der Waals surface area contributed by atoms with Crippen molar-refractivity contribution in [3.8, 4) is 0 Å². The maximum atomic E-state index is 5.88. The molecule has 0 aromatic carbocycles. The van der Waals surface area contributed by atoms with Crippen LogP contribution < -0.4 is 5.73 Å². The highest BCUT2D eigenvalue weighted by atomic mass is 32.1. The smallest absolute Gasteiger partial charge is 0.0794 e. The number of aromatic nitrogens is 1. The Bertz CT molecular complexity index is 271. The van der Waals surface area contributed by atoms with Crippen molar-refractivity contribution in [2.75, 3.05) is 6.54 Å². The van der Waals surface area contributed by atoms with Crippen molar-refractivity contribution in [1.82, 2.24) is 4.98 Å². The minimum Gasteiger partial charge on any atom is -0.330 e. The number of nitrogens with zero attached hydrogens (tertiary/aromatic N) is 1. The van der Waals surface area contributed by atoms with Gasteiger partial charge in [0, 0.05) is 11.1 Å². The maximum absolute atomic E-state index is 5.88. The first-order valence-electron chi connectivity index (χ1n) is 5.97. The minimum absolute atomic E-state index is 0.745. The number of hydrogen-bond donors (Lipinski definition) is 1. The SMILES string of the molecule is NCC1CCCCCC1Cc1cncs1. The monoisotopic (exact) mass is 224 g/mol. The van der Waals surface area contributed by atoms with E-state index >= 15 is 0 Å². The first kappa shape index (κ1) is 11.1. The van der Waals surface area contributed by atoms with Crippen LogP contribution >= 0.6 is 11.3 Å². The van der Waals surface area contributed by atoms with Crippen LogP contribution in [-0.2, 0) is 6.42 Å². The van der Waals surface area contributed by atoms with Gasteiger partial charge >= 0.3 is 0 Å². The summed E-state index contributed by atoms with van der Waals surface area (Å²) in [6.07, 6.45) is 10.1. The molecular formula is C12H20N2S. The zero-order valence-corrected chi connectivity index (χ0v) is 10.0. The van der Waals surface area contributed by atoms with Gasteiger partial charge in [0.1, 0.15) is 0 Å². The predicted octanol–water partition coefficient (Wildman–Crippen LogP) is 2.84. The molecule has 3 heteroatoms. The lowest BCUT2D eigenvalue weighted by atomic mass is 9.85. The van der Waals surface area contributed by atoms with Gasteiger partial charge in [0.25, 0.3) is 0 Å². The van der Waals surface area contributed by atoms with Gasteiger partial charge in [-0.15, -0.1) is 11.3 Å². The van der Waals surface area contributed by atoms with Crippen LogP contribution in [0.3, 0.4) is 0 Å². The van der Waals surface area contributed by atoms with Gasteiger partial charge in [-0.05, 0) is 37.6 Å². The second kappa shape index (κ2) is 5.61. The third kappa shape index (κ3) is 3.02. The normalized spacial score (nSPS) is 27.5. The predicted molar refractivity (Wildman–Crippen MR) is 64.9 cm³/mol. The van der Waals surface area contributed by atoms with Gasteiger partial charge in [0.2, 0.25) is 0 Å². The lowest BCUT2D eigenvalue weighted by Crippen LogP contribution is -2.23. The molecule has 0 amide bonds. The Morgan fingerprint density at radius 1 is 1.27 bits per heavy atom. The van der Waals surface area contributed by atoms with Crippen molar-refractivity contribution >= 4 is 11.3 Å². The summed E-state index contributed by atoms with van der Waals surface area (Å²) < 4.78 is 0. The molecule has 0 radical (unpaired) electrons. The first-order chi connectivity index (χ1) is 7.40. The molecule has 0 bridgehead atoms. The average molecular weight is 224 g/mol. The Morgan fingerprint density at radius 2 is 2.07 bits per heavy atom. The second-order valence-corrected chi connectivity index (χ2v) is 5.54. The lowest BCUT2D eigenvalue weighted by molar-refractivity contribution is 0.319. The van der Waals surface area contributed by atoms with Crippen molar-refractivity contribution in [3.63, 3.8) is 0 Å². The summed E-state index contributed by atoms with van der Waals surface area (Å²) in [6, 6.07) is 0. The van der Waals surface area contributed by atoms with E-state index in [1.165, 1.54) is 43.4 Å². The Balaban J connectivity index is 1.97. The van der Waals surface area contributed by atoms with Gasteiger partial charge in [-0.2, -0.15) is 0 Å². The molecule has 2 rings (SSSR count). The molecule has 15 heavy (non-hydrogen) atoms. The molecule has 2 N–H and O–H groups in total. The van der Waals surface area contributed by atoms with E-state index in [1.54, 1.807) is 11.3 Å². The minimum atomic E-state index is 0.745. The van der Waals surface area contributed by atoms with E-state index in [0.717, 1.165) is 18.4 Å². The van der Waals surface area contributed by atoms with E-state index < -0.39 is 0 Å². The topological polar surface area (TPSA) is 38.9 Å². The number of thiazole rings is 1. The van der Waals surface area contributed by atoms with Crippen LogP contribution in [0, 0.1) is 11.8 Å². The molecule has 2 atom stereocenters. The molecule has 0 aliphatic heterocycles. The molecule has 0 saturated heterocycles. The van der Waals surface area contributed by atoms with Gasteiger partial charge in [0.05, 0.1) is 5.51 Å². The molecule has 1 fully saturated rings. The van der Waals surface area contributed by atoms with E-state index in [-0.39, 0.29) is 0 Å². The van der Waals surface area contributed by atoms with Gasteiger partial charge in [-0.25, -0.2) is 0 Å². The highest BCUT2D eigenvalue weighted by Crippen LogP contribution is 2.31. The maximum Gasteiger partial charge on any atom is 0.0794 e. The van der Waals surface area contributed by atoms with E-state index in [2.05, 4.69) is 4.98 Å². The number of rotatable bonds is 3. The van der Waals surface area contributed by atoms with Crippen LogP contribution in [0.2, 0.25) is 0 Å². The van der Waals surface area contributed by atoms with Gasteiger partial charge in [-0.1, -0.05) is 19.3 Å². The third-order valence-electron chi connectivity index (χ3n) is 3.57. The van der Waals surface area contributed by atoms with E-state index in [4.69, 9.17) is 5.73 Å². The van der Waals surface area contributed by atoms with Crippen LogP contribution in [-0.4, -0.2) is 11.5 Å². The second-order valence-electron chi connectivity index (χ2n) is 4.57. The fraction of sp³-hybridized carbons (Fsp3) is 0.750. The summed E-state index contributed by atoms with van der Waals surface area (Å²) in [7, 11) is 0. The molecule has 84 valence electrons. The molecule has 1 saturated carbocycles. The molecule has 1 aromatic heterocycles. The summed E-state index contributed by atoms with van der Waals surface area (Å²) >= 11 is 1.78. The van der Waals surface area contributed by atoms with Crippen molar-refractivity contribution in [3.05, 3.63) is 16.6 Å². The third-order valence-corrected chi connectivity index (χ3v) is 4.37. The fourth-order valence-corrected chi connectivity index (χ4v) is 3.33. The van der Waals surface area contributed by atoms with Crippen LogP contribution in [0.4, 0.5) is 0 Å². The average Bonchev–Trinajstić information content (AvgIpc) is 2.64. The molecule has 1 heterocycles. The van der Waals surface area contributed by atoms with Crippen molar-refractivity contribution in [2.45, 2.75) is 38.5 Å². The van der Waals surface area contributed by atoms with Gasteiger partial charge < -0.3 is 5.73 Å². The standard InChI is InChI=1S/C12H20N2S/c13-7-11-5-3-1-2-4-10(11)6-12-8-14-9-15-12/h8-11H,1-7,13H2. The van der Waals surface area contributed by atoms with Gasteiger partial charge in [-0.3, -0.25) is 4.98 Å². The molecular weight excluding hydrogens is 204 g/mol. The molecule has 1 aliphatic rings. The Morgan fingerprint density at radius 3 is 2.73 bits per heavy atom. The zero-order valence-electron chi connectivity index (χ0n) is 9.19. The van der Waals surface area contributed by atoms with Crippen LogP contribution in [0.5, 0.6) is 0 Å². The fourth-order valence-electron chi connectivity index (χ4n) is 2.64. The van der Waals surface area contributed by atoms with Crippen molar-refractivity contribution < 1.29 is 0 Å². The zero-order chi connectivity index (χ0) is 10.5. The van der Waals surface area contributed by atoms with Crippen LogP contribution in [0.15, 0.2) is 11.7 Å². The largest absolute Gasteiger partial charge is 0.330 e. The van der Waals surface area contributed by atoms with Crippen LogP contribution in [0.25, 0.3) is 0 Å². The molecule has 2 nitrogen and oxygen atoms in total. The lowest BCUT2D eigenvalue weighted by Gasteiger charge is -2.22. The first-order valence-corrected chi connectivity index (χ1v) is 6.85.